The third-order valence-corrected chi connectivity index (χ3v) is 8.24. The van der Waals surface area contributed by atoms with Crippen molar-refractivity contribution in [3.63, 3.8) is 0 Å². The van der Waals surface area contributed by atoms with E-state index in [0.29, 0.717) is 43.2 Å². The molecule has 3 aromatic rings. The zero-order valence-electron chi connectivity index (χ0n) is 21.7. The zero-order chi connectivity index (χ0) is 26.9. The first kappa shape index (κ1) is 25.1. The fourth-order valence-corrected chi connectivity index (χ4v) is 5.99. The van der Waals surface area contributed by atoms with E-state index in [0.717, 1.165) is 43.4 Å². The maximum Gasteiger partial charge on any atom is 0.321 e. The summed E-state index contributed by atoms with van der Waals surface area (Å²) < 4.78 is 16.0. The monoisotopic (exact) mass is 526 g/mol. The Kier molecular flexibility index (Phi) is 6.77. The number of halogens is 1. The van der Waals surface area contributed by atoms with E-state index in [4.69, 9.17) is 5.10 Å². The van der Waals surface area contributed by atoms with Crippen LogP contribution in [0.2, 0.25) is 0 Å². The standard InChI is InChI=1S/C30H31FN6O2/c31-26-7-3-4-8-27(26)34-30(39)35-15-12-23(13-16-35)37-28(20-9-10-20)25(18-33-37)29(38)36-14-11-22(19-36)24-6-2-1-5-21(24)17-32/h1-8,18,20,22-23H,9-16,19H2,(H,34,39). The summed E-state index contributed by atoms with van der Waals surface area (Å²) in [6.45, 7) is 2.32. The average molecular weight is 527 g/mol. The van der Waals surface area contributed by atoms with E-state index < -0.39 is 5.82 Å². The van der Waals surface area contributed by atoms with Gasteiger partial charge < -0.3 is 15.1 Å². The minimum absolute atomic E-state index is 0.0155. The second kappa shape index (κ2) is 10.5. The van der Waals surface area contributed by atoms with E-state index in [2.05, 4.69) is 11.4 Å². The van der Waals surface area contributed by atoms with Crippen LogP contribution in [-0.2, 0) is 0 Å². The molecule has 0 bridgehead atoms. The third-order valence-electron chi connectivity index (χ3n) is 8.24. The first-order valence-corrected chi connectivity index (χ1v) is 13.7. The Bertz CT molecular complexity index is 1430. The third kappa shape index (κ3) is 4.99. The van der Waals surface area contributed by atoms with Crippen LogP contribution in [0.3, 0.4) is 0 Å². The normalized spacial score (nSPS) is 19.6. The highest BCUT2D eigenvalue weighted by Crippen LogP contribution is 2.44. The summed E-state index contributed by atoms with van der Waals surface area (Å²) in [5, 5.41) is 16.9. The molecule has 2 aromatic carbocycles. The van der Waals surface area contributed by atoms with Crippen molar-refractivity contribution < 1.29 is 14.0 Å². The molecule has 2 saturated heterocycles. The van der Waals surface area contributed by atoms with Crippen molar-refractivity contribution in [1.29, 1.82) is 5.26 Å². The van der Waals surface area contributed by atoms with Gasteiger partial charge >= 0.3 is 6.03 Å². The molecular weight excluding hydrogens is 495 g/mol. The minimum Gasteiger partial charge on any atom is -0.338 e. The largest absolute Gasteiger partial charge is 0.338 e. The Morgan fingerprint density at radius 2 is 1.64 bits per heavy atom. The summed E-state index contributed by atoms with van der Waals surface area (Å²) in [5.41, 5.74) is 3.58. The van der Waals surface area contributed by atoms with Crippen LogP contribution in [0.5, 0.6) is 0 Å². The van der Waals surface area contributed by atoms with Crippen molar-refractivity contribution in [2.75, 3.05) is 31.5 Å². The Labute approximate surface area is 227 Å². The predicted molar refractivity (Wildman–Crippen MR) is 144 cm³/mol. The highest BCUT2D eigenvalue weighted by atomic mass is 19.1. The fourth-order valence-electron chi connectivity index (χ4n) is 5.99. The van der Waals surface area contributed by atoms with Gasteiger partial charge in [-0.25, -0.2) is 9.18 Å². The first-order chi connectivity index (χ1) is 19.0. The molecule has 39 heavy (non-hydrogen) atoms. The van der Waals surface area contributed by atoms with Crippen LogP contribution < -0.4 is 5.32 Å². The SMILES string of the molecule is N#Cc1ccccc1C1CCN(C(=O)c2cnn(C3CCN(C(=O)Nc4ccccc4F)CC3)c2C2CC2)C1. The molecule has 1 saturated carbocycles. The summed E-state index contributed by atoms with van der Waals surface area (Å²) in [7, 11) is 0. The zero-order valence-corrected chi connectivity index (χ0v) is 21.7. The number of urea groups is 1. The maximum absolute atomic E-state index is 14.0. The van der Waals surface area contributed by atoms with Crippen molar-refractivity contribution in [2.24, 2.45) is 0 Å². The molecule has 3 heterocycles. The molecule has 8 nitrogen and oxygen atoms in total. The van der Waals surface area contributed by atoms with Gasteiger partial charge in [-0.15, -0.1) is 0 Å². The highest BCUT2D eigenvalue weighted by Gasteiger charge is 2.38. The number of nitriles is 1. The number of nitrogens with zero attached hydrogens (tertiary/aromatic N) is 5. The van der Waals surface area contributed by atoms with Crippen LogP contribution in [0.4, 0.5) is 14.9 Å². The molecule has 2 aliphatic heterocycles. The van der Waals surface area contributed by atoms with Gasteiger partial charge in [0.2, 0.25) is 0 Å². The molecule has 9 heteroatoms. The molecule has 1 atom stereocenters. The molecular formula is C30H31FN6O2. The number of rotatable bonds is 5. The van der Waals surface area contributed by atoms with Gasteiger partial charge in [0.15, 0.2) is 0 Å². The van der Waals surface area contributed by atoms with Gasteiger partial charge in [-0.2, -0.15) is 10.4 Å². The van der Waals surface area contributed by atoms with Crippen LogP contribution >= 0.6 is 0 Å². The molecule has 3 amide bonds. The van der Waals surface area contributed by atoms with Crippen molar-refractivity contribution >= 4 is 17.6 Å². The number of likely N-dealkylation sites (tertiary alicyclic amines) is 2. The van der Waals surface area contributed by atoms with Gasteiger partial charge in [0, 0.05) is 38.0 Å². The van der Waals surface area contributed by atoms with Gasteiger partial charge in [-0.3, -0.25) is 9.48 Å². The molecule has 3 fully saturated rings. The van der Waals surface area contributed by atoms with E-state index in [1.807, 2.05) is 33.8 Å². The van der Waals surface area contributed by atoms with E-state index in [9.17, 15) is 19.2 Å². The number of carbonyl (C=O) groups excluding carboxylic acids is 2. The smallest absolute Gasteiger partial charge is 0.321 e. The molecule has 1 unspecified atom stereocenters. The Morgan fingerprint density at radius 3 is 2.38 bits per heavy atom. The first-order valence-electron chi connectivity index (χ1n) is 13.7. The second-order valence-corrected chi connectivity index (χ2v) is 10.7. The lowest BCUT2D eigenvalue weighted by Crippen LogP contribution is -2.42. The van der Waals surface area contributed by atoms with Gasteiger partial charge in [0.25, 0.3) is 5.91 Å². The summed E-state index contributed by atoms with van der Waals surface area (Å²) >= 11 is 0. The van der Waals surface area contributed by atoms with Crippen molar-refractivity contribution in [3.05, 3.63) is 82.9 Å². The van der Waals surface area contributed by atoms with Crippen molar-refractivity contribution in [3.8, 4) is 6.07 Å². The van der Waals surface area contributed by atoms with E-state index >= 15 is 0 Å². The number of hydrogen-bond donors (Lipinski definition) is 1. The molecule has 1 N–H and O–H groups in total. The molecule has 1 aromatic heterocycles. The van der Waals surface area contributed by atoms with Gasteiger partial charge in [-0.05, 0) is 55.9 Å². The van der Waals surface area contributed by atoms with Gasteiger partial charge in [-0.1, -0.05) is 30.3 Å². The Morgan fingerprint density at radius 1 is 0.923 bits per heavy atom. The summed E-state index contributed by atoms with van der Waals surface area (Å²) in [6, 6.07) is 15.9. The molecule has 200 valence electrons. The summed E-state index contributed by atoms with van der Waals surface area (Å²) in [4.78, 5) is 30.0. The molecule has 0 radical (unpaired) electrons. The maximum atomic E-state index is 14.0. The van der Waals surface area contributed by atoms with E-state index in [-0.39, 0.29) is 29.6 Å². The Hall–Kier alpha value is -4.19. The molecule has 3 aliphatic rings. The molecule has 0 spiro atoms. The Balaban J connectivity index is 1.13. The van der Waals surface area contributed by atoms with Crippen molar-refractivity contribution in [2.45, 2.75) is 50.0 Å². The fraction of sp³-hybridized carbons (Fsp3) is 0.400. The number of aromatic nitrogens is 2. The number of piperidine rings is 1. The number of carbonyl (C=O) groups is 2. The number of benzene rings is 2. The lowest BCUT2D eigenvalue weighted by atomic mass is 9.94. The van der Waals surface area contributed by atoms with Crippen LogP contribution in [0, 0.1) is 17.1 Å². The number of amides is 3. The van der Waals surface area contributed by atoms with Gasteiger partial charge in [0.1, 0.15) is 5.82 Å². The second-order valence-electron chi connectivity index (χ2n) is 10.7. The highest BCUT2D eigenvalue weighted by molar-refractivity contribution is 5.95. The molecule has 1 aliphatic carbocycles. The average Bonchev–Trinajstić information content (AvgIpc) is 3.51. The van der Waals surface area contributed by atoms with E-state index in [1.54, 1.807) is 29.3 Å². The summed E-state index contributed by atoms with van der Waals surface area (Å²) in [5.74, 6) is 0.0551. The lowest BCUT2D eigenvalue weighted by molar-refractivity contribution is 0.0789. The van der Waals surface area contributed by atoms with Crippen LogP contribution in [0.15, 0.2) is 54.7 Å². The van der Waals surface area contributed by atoms with E-state index in [1.165, 1.54) is 6.07 Å². The quantitative estimate of drug-likeness (QED) is 0.490. The van der Waals surface area contributed by atoms with Crippen molar-refractivity contribution in [1.82, 2.24) is 19.6 Å². The van der Waals surface area contributed by atoms with Crippen LogP contribution in [0.1, 0.15) is 77.2 Å². The van der Waals surface area contributed by atoms with Crippen LogP contribution in [0.25, 0.3) is 0 Å². The molecule has 6 rings (SSSR count). The number of nitrogens with one attached hydrogen (secondary N) is 1. The number of hydrogen-bond acceptors (Lipinski definition) is 4. The topological polar surface area (TPSA) is 94.3 Å². The minimum atomic E-state index is -0.456. The lowest BCUT2D eigenvalue weighted by Gasteiger charge is -2.33. The van der Waals surface area contributed by atoms with Gasteiger partial charge in [0.05, 0.1) is 40.8 Å². The summed E-state index contributed by atoms with van der Waals surface area (Å²) in [6.07, 6.45) is 6.10. The number of anilines is 1. The predicted octanol–water partition coefficient (Wildman–Crippen LogP) is 5.27. The number of para-hydroxylation sites is 1. The van der Waals surface area contributed by atoms with Crippen LogP contribution in [-0.4, -0.2) is 57.7 Å².